The number of rotatable bonds is 14. The van der Waals surface area contributed by atoms with Crippen molar-refractivity contribution in [3.8, 4) is 11.5 Å². The lowest BCUT2D eigenvalue weighted by Crippen LogP contribution is -2.31. The summed E-state index contributed by atoms with van der Waals surface area (Å²) >= 11 is 0. The molecule has 2 aliphatic rings. The molecule has 2 fully saturated rings. The fourth-order valence-corrected chi connectivity index (χ4v) is 10.4. The first kappa shape index (κ1) is 49.1. The quantitative estimate of drug-likeness (QED) is 0.0890. The van der Waals surface area contributed by atoms with E-state index in [9.17, 15) is 24.3 Å². The fraction of sp³-hybridized carbons (Fsp3) is 0.300. The van der Waals surface area contributed by atoms with Crippen LogP contribution in [0.2, 0.25) is 0 Å². The highest BCUT2D eigenvalue weighted by Crippen LogP contribution is 2.45. The molecule has 2 heterocycles. The van der Waals surface area contributed by atoms with Crippen molar-refractivity contribution in [1.82, 2.24) is 19.9 Å². The molecule has 368 valence electrons. The molecule has 2 aromatic heterocycles. The smallest absolute Gasteiger partial charge is 0.361 e. The van der Waals surface area contributed by atoms with E-state index in [4.69, 9.17) is 14.2 Å². The number of fused-ring (bicyclic) bond motifs is 2. The number of aromatic carboxylic acids is 1. The Morgan fingerprint density at radius 1 is 0.542 bits per heavy atom. The van der Waals surface area contributed by atoms with E-state index in [0.29, 0.717) is 24.5 Å². The Morgan fingerprint density at radius 2 is 0.931 bits per heavy atom. The molecule has 0 spiro atoms. The van der Waals surface area contributed by atoms with Crippen LogP contribution in [0.25, 0.3) is 21.5 Å². The van der Waals surface area contributed by atoms with Crippen LogP contribution in [0, 0.1) is 0 Å². The number of benzene rings is 6. The number of nitrogens with one attached hydrogen (secondary N) is 2. The van der Waals surface area contributed by atoms with Gasteiger partial charge in [0.05, 0.1) is 0 Å². The molecular weight excluding hydrogens is 905 g/mol. The summed E-state index contributed by atoms with van der Waals surface area (Å²) < 4.78 is 17.1. The summed E-state index contributed by atoms with van der Waals surface area (Å²) in [6.45, 7) is 5.60. The number of hydrogen-bond donors (Lipinski definition) is 3. The van der Waals surface area contributed by atoms with Gasteiger partial charge < -0.3 is 29.3 Å². The maximum absolute atomic E-state index is 13.3. The number of hydrogen-bond acceptors (Lipinski definition) is 9. The van der Waals surface area contributed by atoms with E-state index in [2.05, 4.69) is 80.6 Å². The van der Waals surface area contributed by atoms with Crippen LogP contribution in [0.15, 0.2) is 155 Å². The molecule has 2 aliphatic carbocycles. The molecule has 0 saturated heterocycles. The summed E-state index contributed by atoms with van der Waals surface area (Å²) in [7, 11) is 0. The molecule has 0 aliphatic heterocycles. The van der Waals surface area contributed by atoms with Crippen molar-refractivity contribution in [2.75, 3.05) is 0 Å². The van der Waals surface area contributed by atoms with Crippen molar-refractivity contribution >= 4 is 33.5 Å². The monoisotopic (exact) mass is 964 g/mol. The van der Waals surface area contributed by atoms with Crippen molar-refractivity contribution in [3.05, 3.63) is 212 Å². The lowest BCUT2D eigenvalue weighted by molar-refractivity contribution is 0.00568. The van der Waals surface area contributed by atoms with Gasteiger partial charge in [0.1, 0.15) is 30.5 Å². The van der Waals surface area contributed by atoms with Gasteiger partial charge in [-0.1, -0.05) is 171 Å². The summed E-state index contributed by atoms with van der Waals surface area (Å²) in [5.74, 6) is -1.47. The maximum atomic E-state index is 13.3. The number of carboxylic acid groups (broad SMARTS) is 1. The second-order valence-corrected chi connectivity index (χ2v) is 20.2. The van der Waals surface area contributed by atoms with Gasteiger partial charge in [-0.15, -0.1) is 0 Å². The summed E-state index contributed by atoms with van der Waals surface area (Å²) in [6.07, 6.45) is 9.28. The number of esters is 1. The first-order chi connectivity index (χ1) is 34.8. The number of H-pyrrole nitrogens is 2. The number of carbonyl (C=O) groups excluding carboxylic acids is 1. The average molecular weight is 965 g/mol. The molecule has 0 amide bonds. The number of carbonyl (C=O) groups is 2. The molecule has 2 saturated carbocycles. The van der Waals surface area contributed by atoms with E-state index in [1.807, 2.05) is 84.9 Å². The molecule has 10 rings (SSSR count). The second-order valence-electron chi connectivity index (χ2n) is 20.2. The second kappa shape index (κ2) is 21.2. The molecule has 12 nitrogen and oxygen atoms in total. The van der Waals surface area contributed by atoms with Crippen LogP contribution >= 0.6 is 0 Å². The molecule has 0 bridgehead atoms. The molecule has 0 atom stereocenters. The van der Waals surface area contributed by atoms with Crippen LogP contribution in [0.3, 0.4) is 0 Å². The Labute approximate surface area is 418 Å². The van der Waals surface area contributed by atoms with Gasteiger partial charge in [-0.25, -0.2) is 19.6 Å². The lowest BCUT2D eigenvalue weighted by Gasteiger charge is -2.30. The summed E-state index contributed by atoms with van der Waals surface area (Å²) in [5, 5.41) is 14.5. The summed E-state index contributed by atoms with van der Waals surface area (Å²) in [6, 6.07) is 48.5. The van der Waals surface area contributed by atoms with Crippen LogP contribution in [0.1, 0.15) is 127 Å². The molecule has 0 radical (unpaired) electrons. The first-order valence-corrected chi connectivity index (χ1v) is 24.8. The topological polar surface area (TPSA) is 174 Å². The predicted octanol–water partition coefficient (Wildman–Crippen LogP) is 11.8. The molecule has 3 N–H and O–H groups in total. The van der Waals surface area contributed by atoms with Gasteiger partial charge >= 0.3 is 11.9 Å². The third-order valence-electron chi connectivity index (χ3n) is 14.0. The minimum absolute atomic E-state index is 0.0822. The molecule has 72 heavy (non-hydrogen) atoms. The number of aromatic nitrogens is 4. The van der Waals surface area contributed by atoms with Crippen LogP contribution in [0.4, 0.5) is 0 Å². The van der Waals surface area contributed by atoms with Gasteiger partial charge in [0.2, 0.25) is 11.5 Å². The molecule has 0 unspecified atom stereocenters. The zero-order valence-electron chi connectivity index (χ0n) is 41.0. The Balaban J connectivity index is 0.000000179. The maximum Gasteiger partial charge on any atom is 0.361 e. The highest BCUT2D eigenvalue weighted by molar-refractivity contribution is 5.90. The Kier molecular flexibility index (Phi) is 14.5. The number of aromatic amines is 2. The van der Waals surface area contributed by atoms with E-state index in [1.165, 1.54) is 32.7 Å². The summed E-state index contributed by atoms with van der Waals surface area (Å²) in [4.78, 5) is 66.2. The molecule has 12 heteroatoms. The molecule has 8 aromatic rings. The normalized spacial score (nSPS) is 14.9. The van der Waals surface area contributed by atoms with E-state index in [-0.39, 0.29) is 46.9 Å². The Morgan fingerprint density at radius 3 is 1.35 bits per heavy atom. The molecular formula is C60H60N4O8. The SMILES string of the molecule is CC(C)(C)OC(=O)c1nc(CC2(c3ccc4ccccc4c3)CCCC2)[nH]c(=O)c1OCc1ccccc1.O=C(O)c1nc(CC2(c3ccc4ccccc4c3)CCCC2)[nH]c(=O)c1OCc1ccccc1. The van der Waals surface area contributed by atoms with Crippen molar-refractivity contribution < 1.29 is 28.9 Å². The predicted molar refractivity (Wildman–Crippen MR) is 279 cm³/mol. The van der Waals surface area contributed by atoms with E-state index in [1.54, 1.807) is 20.8 Å². The van der Waals surface area contributed by atoms with Crippen molar-refractivity contribution in [2.45, 2.75) is 115 Å². The van der Waals surface area contributed by atoms with Crippen LogP contribution in [0.5, 0.6) is 11.5 Å². The number of nitrogens with zero attached hydrogens (tertiary/aromatic N) is 2. The highest BCUT2D eigenvalue weighted by Gasteiger charge is 2.39. The minimum Gasteiger partial charge on any atom is -0.481 e. The van der Waals surface area contributed by atoms with Crippen molar-refractivity contribution in [3.63, 3.8) is 0 Å². The van der Waals surface area contributed by atoms with Crippen LogP contribution in [-0.4, -0.2) is 42.6 Å². The number of carboxylic acids is 1. The third kappa shape index (κ3) is 11.3. The first-order valence-electron chi connectivity index (χ1n) is 24.8. The van der Waals surface area contributed by atoms with Gasteiger partial charge in [0.25, 0.3) is 11.1 Å². The van der Waals surface area contributed by atoms with Gasteiger partial charge in [-0.2, -0.15) is 0 Å². The zero-order valence-corrected chi connectivity index (χ0v) is 41.0. The van der Waals surface area contributed by atoms with E-state index >= 15 is 0 Å². The van der Waals surface area contributed by atoms with Gasteiger partial charge in [0, 0.05) is 23.7 Å². The van der Waals surface area contributed by atoms with Crippen molar-refractivity contribution in [2.24, 2.45) is 0 Å². The standard InChI is InChI=1S/C32H34N2O4.C28H26N2O4/c1-31(2,3)38-30(36)27-28(37-21-22-11-5-4-6-12-22)29(35)34-26(33-27)20-32(17-9-10-18-32)25-16-15-23-13-7-8-14-24(23)19-25;31-26-25(34-18-19-8-2-1-3-9-19)24(27(32)33)29-23(30-26)17-28(14-6-7-15-28)22-13-12-20-10-4-5-11-21(20)16-22/h4-8,11-16,19H,9-10,17-18,20-21H2,1-3H3,(H,33,34,35);1-5,8-13,16H,6-7,14-15,17-18H2,(H,32,33)(H,29,30,31). The third-order valence-corrected chi connectivity index (χ3v) is 14.0. The highest BCUT2D eigenvalue weighted by atomic mass is 16.6. The van der Waals surface area contributed by atoms with Crippen LogP contribution in [-0.2, 0) is 41.6 Å². The van der Waals surface area contributed by atoms with Crippen LogP contribution < -0.4 is 20.6 Å². The Hall–Kier alpha value is -7.86. The largest absolute Gasteiger partial charge is 0.481 e. The Bertz CT molecular complexity index is 3330. The zero-order chi connectivity index (χ0) is 50.3. The fourth-order valence-electron chi connectivity index (χ4n) is 10.4. The summed E-state index contributed by atoms with van der Waals surface area (Å²) in [5.41, 5.74) is 1.59. The molecule has 6 aromatic carbocycles. The van der Waals surface area contributed by atoms with Gasteiger partial charge in [0.15, 0.2) is 11.4 Å². The van der Waals surface area contributed by atoms with Crippen molar-refractivity contribution in [1.29, 1.82) is 0 Å². The minimum atomic E-state index is -1.28. The van der Waals surface area contributed by atoms with E-state index < -0.39 is 28.7 Å². The number of ether oxygens (including phenoxy) is 3. The van der Waals surface area contributed by atoms with Gasteiger partial charge in [-0.3, -0.25) is 9.59 Å². The lowest BCUT2D eigenvalue weighted by atomic mass is 9.75. The van der Waals surface area contributed by atoms with Gasteiger partial charge in [-0.05, 0) is 90.3 Å². The average Bonchev–Trinajstić information content (AvgIpc) is 4.07. The van der Waals surface area contributed by atoms with E-state index in [0.717, 1.165) is 62.5 Å².